The van der Waals surface area contributed by atoms with E-state index < -0.39 is 42.1 Å². The minimum absolute atomic E-state index is 0.114. The number of rotatable bonds is 7. The lowest BCUT2D eigenvalue weighted by atomic mass is 10.1. The fourth-order valence-electron chi connectivity index (χ4n) is 3.91. The molecule has 0 bridgehead atoms. The molecule has 0 radical (unpaired) electrons. The molecule has 1 N–H and O–H groups in total. The minimum Gasteiger partial charge on any atom is -0.462 e. The number of benzene rings is 3. The highest BCUT2D eigenvalue weighted by atomic mass is 16.6. The highest BCUT2D eigenvalue weighted by Crippen LogP contribution is 2.33. The third-order valence-corrected chi connectivity index (χ3v) is 5.66. The molecule has 0 aromatic heterocycles. The van der Waals surface area contributed by atoms with Gasteiger partial charge in [0.05, 0.1) is 29.4 Å². The van der Waals surface area contributed by atoms with Gasteiger partial charge in [-0.1, -0.05) is 54.6 Å². The van der Waals surface area contributed by atoms with E-state index in [2.05, 4.69) is 0 Å². The normalized spacial score (nSPS) is 21.4. The molecule has 34 heavy (non-hydrogen) atoms. The molecule has 1 saturated carbocycles. The number of ether oxygens (including phenoxy) is 3. The molecule has 1 aliphatic rings. The van der Waals surface area contributed by atoms with Crippen molar-refractivity contribution in [2.45, 2.75) is 24.7 Å². The highest BCUT2D eigenvalue weighted by molar-refractivity contribution is 5.90. The summed E-state index contributed by atoms with van der Waals surface area (Å²) in [6.45, 7) is -0.114. The number of aliphatic hydroxyl groups excluding tert-OH is 1. The molecule has 0 aliphatic heterocycles. The molecule has 3 aromatic rings. The second-order valence-electron chi connectivity index (χ2n) is 8.00. The van der Waals surface area contributed by atoms with Crippen LogP contribution in [0.15, 0.2) is 91.0 Å². The van der Waals surface area contributed by atoms with Crippen LogP contribution in [0.3, 0.4) is 0 Å². The van der Waals surface area contributed by atoms with Gasteiger partial charge in [0.1, 0.15) is 6.10 Å². The van der Waals surface area contributed by atoms with E-state index >= 15 is 0 Å². The summed E-state index contributed by atoms with van der Waals surface area (Å²) >= 11 is 0. The van der Waals surface area contributed by atoms with E-state index in [1.165, 1.54) is 0 Å². The molecule has 3 aromatic carbocycles. The molecule has 7 heteroatoms. The van der Waals surface area contributed by atoms with Gasteiger partial charge in [0, 0.05) is 5.92 Å². The quantitative estimate of drug-likeness (QED) is 0.424. The fraction of sp³-hybridized carbons (Fsp3) is 0.222. The Morgan fingerprint density at radius 2 is 1.06 bits per heavy atom. The van der Waals surface area contributed by atoms with E-state index in [9.17, 15) is 19.5 Å². The molecule has 0 spiro atoms. The zero-order valence-corrected chi connectivity index (χ0v) is 18.3. The smallest absolute Gasteiger partial charge is 0.338 e. The van der Waals surface area contributed by atoms with Gasteiger partial charge < -0.3 is 19.3 Å². The lowest BCUT2D eigenvalue weighted by Gasteiger charge is -2.25. The number of carbonyl (C=O) groups excluding carboxylic acids is 3. The summed E-state index contributed by atoms with van der Waals surface area (Å²) in [6.07, 6.45) is -3.08. The van der Waals surface area contributed by atoms with Gasteiger partial charge in [-0.2, -0.15) is 0 Å². The van der Waals surface area contributed by atoms with Crippen LogP contribution in [0, 0.1) is 5.92 Å². The molecular formula is C27H24O7. The largest absolute Gasteiger partial charge is 0.462 e. The Kier molecular flexibility index (Phi) is 7.34. The predicted molar refractivity (Wildman–Crippen MR) is 122 cm³/mol. The molecule has 0 amide bonds. The van der Waals surface area contributed by atoms with E-state index in [-0.39, 0.29) is 13.0 Å². The third-order valence-electron chi connectivity index (χ3n) is 5.66. The maximum Gasteiger partial charge on any atom is 0.338 e. The van der Waals surface area contributed by atoms with Gasteiger partial charge in [-0.3, -0.25) is 0 Å². The van der Waals surface area contributed by atoms with E-state index in [0.29, 0.717) is 16.7 Å². The van der Waals surface area contributed by atoms with E-state index in [0.717, 1.165) is 0 Å². The van der Waals surface area contributed by atoms with Gasteiger partial charge in [0.25, 0.3) is 0 Å². The second-order valence-corrected chi connectivity index (χ2v) is 8.00. The first-order valence-electron chi connectivity index (χ1n) is 10.9. The maximum absolute atomic E-state index is 12.8. The van der Waals surface area contributed by atoms with Crippen molar-refractivity contribution < 1.29 is 33.7 Å². The topological polar surface area (TPSA) is 99.1 Å². The van der Waals surface area contributed by atoms with Gasteiger partial charge >= 0.3 is 17.9 Å². The summed E-state index contributed by atoms with van der Waals surface area (Å²) < 4.78 is 16.7. The fourth-order valence-corrected chi connectivity index (χ4v) is 3.91. The van der Waals surface area contributed by atoms with Crippen LogP contribution >= 0.6 is 0 Å². The van der Waals surface area contributed by atoms with Crippen molar-refractivity contribution in [1.82, 2.24) is 0 Å². The summed E-state index contributed by atoms with van der Waals surface area (Å²) in [7, 11) is 0. The second kappa shape index (κ2) is 10.8. The first-order valence-corrected chi connectivity index (χ1v) is 10.9. The molecular weight excluding hydrogens is 436 g/mol. The van der Waals surface area contributed by atoms with Crippen molar-refractivity contribution >= 4 is 17.9 Å². The van der Waals surface area contributed by atoms with E-state index in [1.807, 2.05) is 0 Å². The Balaban J connectivity index is 1.51. The summed E-state index contributed by atoms with van der Waals surface area (Å²) in [4.78, 5) is 37.8. The van der Waals surface area contributed by atoms with Crippen LogP contribution < -0.4 is 0 Å². The average Bonchev–Trinajstić information content (AvgIpc) is 3.17. The van der Waals surface area contributed by atoms with Crippen molar-refractivity contribution in [1.29, 1.82) is 0 Å². The first kappa shape index (κ1) is 23.2. The SMILES string of the molecule is O=C(OC[C@@H]1C[C@@H](O)C(OC(=O)c2ccccc2)[C@@H]1OC(=O)c1ccccc1)c1ccccc1. The summed E-state index contributed by atoms with van der Waals surface area (Å²) in [5.41, 5.74) is 1.00. The number of esters is 3. The van der Waals surface area contributed by atoms with Crippen LogP contribution in [0.5, 0.6) is 0 Å². The molecule has 1 aliphatic carbocycles. The van der Waals surface area contributed by atoms with Crippen molar-refractivity contribution in [3.8, 4) is 0 Å². The molecule has 174 valence electrons. The number of aliphatic hydroxyl groups is 1. The van der Waals surface area contributed by atoms with Crippen LogP contribution in [0.25, 0.3) is 0 Å². The summed E-state index contributed by atoms with van der Waals surface area (Å²) in [5.74, 6) is -2.37. The van der Waals surface area contributed by atoms with Gasteiger partial charge in [-0.15, -0.1) is 0 Å². The lowest BCUT2D eigenvalue weighted by Crippen LogP contribution is -2.40. The van der Waals surface area contributed by atoms with Crippen molar-refractivity contribution in [3.63, 3.8) is 0 Å². The Hall–Kier alpha value is -3.97. The Morgan fingerprint density at radius 1 is 0.647 bits per heavy atom. The van der Waals surface area contributed by atoms with Gasteiger partial charge in [-0.25, -0.2) is 14.4 Å². The highest BCUT2D eigenvalue weighted by Gasteiger charge is 2.48. The third kappa shape index (κ3) is 5.50. The number of hydrogen-bond acceptors (Lipinski definition) is 7. The van der Waals surface area contributed by atoms with Crippen LogP contribution in [0.1, 0.15) is 37.5 Å². The van der Waals surface area contributed by atoms with E-state index in [1.54, 1.807) is 91.0 Å². The standard InChI is InChI=1S/C27H24O7/c28-22-16-21(17-32-25(29)18-10-4-1-5-11-18)23(33-26(30)19-12-6-2-7-13-19)24(22)34-27(31)20-14-8-3-9-15-20/h1-15,21-24,28H,16-17H2/t21-,22+,23+,24?/m0/s1. The van der Waals surface area contributed by atoms with Gasteiger partial charge in [0.2, 0.25) is 0 Å². The zero-order chi connectivity index (χ0) is 23.9. The monoisotopic (exact) mass is 460 g/mol. The van der Waals surface area contributed by atoms with Crippen LogP contribution in [0.2, 0.25) is 0 Å². The van der Waals surface area contributed by atoms with Crippen LogP contribution in [-0.2, 0) is 14.2 Å². The predicted octanol–water partition coefficient (Wildman–Crippen LogP) is 3.68. The van der Waals surface area contributed by atoms with Crippen LogP contribution in [-0.4, -0.2) is 47.9 Å². The number of carbonyl (C=O) groups is 3. The average molecular weight is 460 g/mol. The molecule has 4 atom stereocenters. The summed E-state index contributed by atoms with van der Waals surface area (Å²) in [5, 5.41) is 10.7. The van der Waals surface area contributed by atoms with Crippen molar-refractivity contribution in [2.75, 3.05) is 6.61 Å². The van der Waals surface area contributed by atoms with Crippen molar-refractivity contribution in [3.05, 3.63) is 108 Å². The molecule has 0 heterocycles. The molecule has 1 fully saturated rings. The first-order chi connectivity index (χ1) is 16.5. The maximum atomic E-state index is 12.8. The number of hydrogen-bond donors (Lipinski definition) is 1. The lowest BCUT2D eigenvalue weighted by molar-refractivity contribution is -0.0636. The molecule has 7 nitrogen and oxygen atoms in total. The minimum atomic E-state index is -1.11. The molecule has 0 saturated heterocycles. The van der Waals surface area contributed by atoms with Gasteiger partial charge in [0.15, 0.2) is 6.10 Å². The van der Waals surface area contributed by atoms with Crippen molar-refractivity contribution in [2.24, 2.45) is 5.92 Å². The Labute approximate surface area is 196 Å². The molecule has 4 rings (SSSR count). The van der Waals surface area contributed by atoms with E-state index in [4.69, 9.17) is 14.2 Å². The Morgan fingerprint density at radius 3 is 1.53 bits per heavy atom. The zero-order valence-electron chi connectivity index (χ0n) is 18.3. The Bertz CT molecular complexity index is 1120. The van der Waals surface area contributed by atoms with Crippen LogP contribution in [0.4, 0.5) is 0 Å². The van der Waals surface area contributed by atoms with Gasteiger partial charge in [-0.05, 0) is 42.8 Å². The summed E-state index contributed by atoms with van der Waals surface area (Å²) in [6, 6.07) is 25.2. The molecule has 1 unspecified atom stereocenters.